The molecule has 0 fully saturated rings. The van der Waals surface area contributed by atoms with E-state index < -0.39 is 0 Å². The Kier molecular flexibility index (Phi) is 6.06. The lowest BCUT2D eigenvalue weighted by atomic mass is 10.2. The summed E-state index contributed by atoms with van der Waals surface area (Å²) in [6.07, 6.45) is 2.06. The Labute approximate surface area is 158 Å². The Hall–Kier alpha value is -2.18. The molecule has 0 bridgehead atoms. The molecule has 1 heterocycles. The van der Waals surface area contributed by atoms with Crippen LogP contribution in [0.3, 0.4) is 0 Å². The van der Waals surface area contributed by atoms with E-state index in [0.29, 0.717) is 36.9 Å². The van der Waals surface area contributed by atoms with Crippen molar-refractivity contribution in [1.82, 2.24) is 4.90 Å². The van der Waals surface area contributed by atoms with Crippen LogP contribution in [0.2, 0.25) is 0 Å². The standard InChI is InChI=1S/C20H24N2O3S/c1-14(22(2)13-15-4-7-17(26-3)8-5-15)20(23)21-16-6-9-18-19(12-16)25-11-10-24-18/h4-9,12,14H,10-11,13H2,1-3H3,(H,21,23)/t14-/m0/s1. The van der Waals surface area contributed by atoms with Crippen molar-refractivity contribution in [2.45, 2.75) is 24.4 Å². The molecule has 0 aromatic heterocycles. The fraction of sp³-hybridized carbons (Fsp3) is 0.350. The molecule has 0 unspecified atom stereocenters. The van der Waals surface area contributed by atoms with Gasteiger partial charge in [-0.3, -0.25) is 9.69 Å². The van der Waals surface area contributed by atoms with Crippen molar-refractivity contribution >= 4 is 23.4 Å². The summed E-state index contributed by atoms with van der Waals surface area (Å²) in [5.74, 6) is 1.34. The van der Waals surface area contributed by atoms with Crippen LogP contribution >= 0.6 is 11.8 Å². The number of ether oxygens (including phenoxy) is 2. The van der Waals surface area contributed by atoms with Crippen molar-refractivity contribution in [1.29, 1.82) is 0 Å². The van der Waals surface area contributed by atoms with Gasteiger partial charge in [-0.25, -0.2) is 0 Å². The van der Waals surface area contributed by atoms with Gasteiger partial charge in [0.25, 0.3) is 0 Å². The van der Waals surface area contributed by atoms with Gasteiger partial charge >= 0.3 is 0 Å². The maximum Gasteiger partial charge on any atom is 0.241 e. The Morgan fingerprint density at radius 3 is 2.54 bits per heavy atom. The van der Waals surface area contributed by atoms with Crippen molar-refractivity contribution in [2.75, 3.05) is 31.8 Å². The van der Waals surface area contributed by atoms with Crippen LogP contribution in [0.5, 0.6) is 11.5 Å². The van der Waals surface area contributed by atoms with Gasteiger partial charge < -0.3 is 14.8 Å². The second kappa shape index (κ2) is 8.47. The van der Waals surface area contributed by atoms with Gasteiger partial charge in [0.05, 0.1) is 6.04 Å². The third kappa shape index (κ3) is 4.51. The van der Waals surface area contributed by atoms with Crippen LogP contribution in [0.25, 0.3) is 0 Å². The first-order valence-corrected chi connectivity index (χ1v) is 9.83. The van der Waals surface area contributed by atoms with E-state index in [9.17, 15) is 4.79 Å². The van der Waals surface area contributed by atoms with Gasteiger partial charge in [-0.05, 0) is 50.1 Å². The third-order valence-corrected chi connectivity index (χ3v) is 5.18. The molecule has 2 aromatic rings. The maximum atomic E-state index is 12.6. The number of carbonyl (C=O) groups excluding carboxylic acids is 1. The van der Waals surface area contributed by atoms with Crippen LogP contribution in [0, 0.1) is 0 Å². The molecular weight excluding hydrogens is 348 g/mol. The first-order chi connectivity index (χ1) is 12.6. The highest BCUT2D eigenvalue weighted by Crippen LogP contribution is 2.32. The minimum absolute atomic E-state index is 0.0510. The molecule has 0 aliphatic carbocycles. The largest absolute Gasteiger partial charge is 0.486 e. The van der Waals surface area contributed by atoms with Gasteiger partial charge in [-0.2, -0.15) is 0 Å². The average Bonchev–Trinajstić information content (AvgIpc) is 2.67. The smallest absolute Gasteiger partial charge is 0.241 e. The molecule has 1 amide bonds. The van der Waals surface area contributed by atoms with Crippen molar-refractivity contribution < 1.29 is 14.3 Å². The molecule has 3 rings (SSSR count). The highest BCUT2D eigenvalue weighted by atomic mass is 32.2. The van der Waals surface area contributed by atoms with Crippen molar-refractivity contribution in [3.8, 4) is 11.5 Å². The first kappa shape index (κ1) is 18.6. The number of benzene rings is 2. The average molecular weight is 372 g/mol. The van der Waals surface area contributed by atoms with Gasteiger partial charge in [-0.1, -0.05) is 12.1 Å². The zero-order valence-electron chi connectivity index (χ0n) is 15.3. The molecule has 0 radical (unpaired) electrons. The van der Waals surface area contributed by atoms with Crippen LogP contribution in [0.1, 0.15) is 12.5 Å². The summed E-state index contributed by atoms with van der Waals surface area (Å²) >= 11 is 1.72. The lowest BCUT2D eigenvalue weighted by Gasteiger charge is -2.24. The minimum atomic E-state index is -0.261. The number of rotatable bonds is 6. The lowest BCUT2D eigenvalue weighted by molar-refractivity contribution is -0.120. The second-order valence-corrected chi connectivity index (χ2v) is 7.17. The van der Waals surface area contributed by atoms with E-state index in [1.807, 2.05) is 31.0 Å². The van der Waals surface area contributed by atoms with Crippen molar-refractivity contribution in [3.63, 3.8) is 0 Å². The summed E-state index contributed by atoms with van der Waals surface area (Å²) < 4.78 is 11.1. The van der Waals surface area contributed by atoms with E-state index in [1.165, 1.54) is 10.5 Å². The van der Waals surface area contributed by atoms with Crippen LogP contribution < -0.4 is 14.8 Å². The van der Waals surface area contributed by atoms with Gasteiger partial charge in [-0.15, -0.1) is 11.8 Å². The molecule has 0 saturated heterocycles. The Balaban J connectivity index is 1.59. The van der Waals surface area contributed by atoms with Crippen LogP contribution in [-0.4, -0.2) is 43.4 Å². The summed E-state index contributed by atoms with van der Waals surface area (Å²) in [7, 11) is 1.95. The molecule has 0 saturated carbocycles. The van der Waals surface area contributed by atoms with Gasteiger partial charge in [0.15, 0.2) is 11.5 Å². The van der Waals surface area contributed by atoms with Crippen LogP contribution in [0.4, 0.5) is 5.69 Å². The normalized spacial score (nSPS) is 14.2. The zero-order chi connectivity index (χ0) is 18.5. The van der Waals surface area contributed by atoms with E-state index in [0.717, 1.165) is 0 Å². The predicted octanol–water partition coefficient (Wildman–Crippen LogP) is 3.64. The summed E-state index contributed by atoms with van der Waals surface area (Å²) in [5, 5.41) is 2.96. The number of thioether (sulfide) groups is 1. The van der Waals surface area contributed by atoms with Crippen LogP contribution in [-0.2, 0) is 11.3 Å². The number of fused-ring (bicyclic) bond motifs is 1. The Morgan fingerprint density at radius 2 is 1.85 bits per heavy atom. The number of amides is 1. The molecule has 1 atom stereocenters. The minimum Gasteiger partial charge on any atom is -0.486 e. The van der Waals surface area contributed by atoms with E-state index >= 15 is 0 Å². The predicted molar refractivity (Wildman–Crippen MR) is 105 cm³/mol. The quantitative estimate of drug-likeness (QED) is 0.785. The SMILES string of the molecule is CSc1ccc(CN(C)[C@@H](C)C(=O)Nc2ccc3c(c2)OCCO3)cc1. The summed E-state index contributed by atoms with van der Waals surface area (Å²) in [4.78, 5) is 15.9. The van der Waals surface area contributed by atoms with E-state index in [1.54, 1.807) is 17.8 Å². The number of carbonyl (C=O) groups is 1. The zero-order valence-corrected chi connectivity index (χ0v) is 16.1. The monoisotopic (exact) mass is 372 g/mol. The number of anilines is 1. The molecule has 26 heavy (non-hydrogen) atoms. The lowest BCUT2D eigenvalue weighted by Crippen LogP contribution is -2.39. The molecule has 2 aromatic carbocycles. The molecule has 138 valence electrons. The molecule has 6 heteroatoms. The molecule has 1 aliphatic heterocycles. The summed E-state index contributed by atoms with van der Waals surface area (Å²) in [6, 6.07) is 13.6. The highest BCUT2D eigenvalue weighted by molar-refractivity contribution is 7.98. The second-order valence-electron chi connectivity index (χ2n) is 6.29. The maximum absolute atomic E-state index is 12.6. The van der Waals surface area contributed by atoms with Gasteiger partial charge in [0, 0.05) is 23.2 Å². The van der Waals surface area contributed by atoms with E-state index in [4.69, 9.17) is 9.47 Å². The van der Waals surface area contributed by atoms with E-state index in [2.05, 4.69) is 35.8 Å². The number of hydrogen-bond donors (Lipinski definition) is 1. The van der Waals surface area contributed by atoms with Crippen LogP contribution in [0.15, 0.2) is 47.4 Å². The first-order valence-electron chi connectivity index (χ1n) is 8.60. The summed E-state index contributed by atoms with van der Waals surface area (Å²) in [5.41, 5.74) is 1.90. The Bertz CT molecular complexity index is 764. The topological polar surface area (TPSA) is 50.8 Å². The molecule has 5 nitrogen and oxygen atoms in total. The number of hydrogen-bond acceptors (Lipinski definition) is 5. The number of nitrogens with one attached hydrogen (secondary N) is 1. The van der Waals surface area contributed by atoms with Crippen molar-refractivity contribution in [2.24, 2.45) is 0 Å². The fourth-order valence-corrected chi connectivity index (χ4v) is 3.13. The molecular formula is C20H24N2O3S. The highest BCUT2D eigenvalue weighted by Gasteiger charge is 2.19. The van der Waals surface area contributed by atoms with E-state index in [-0.39, 0.29) is 11.9 Å². The van der Waals surface area contributed by atoms with Gasteiger partial charge in [0.2, 0.25) is 5.91 Å². The molecule has 0 spiro atoms. The summed E-state index contributed by atoms with van der Waals surface area (Å²) in [6.45, 7) is 3.70. The van der Waals surface area contributed by atoms with Crippen molar-refractivity contribution in [3.05, 3.63) is 48.0 Å². The molecule has 1 aliphatic rings. The molecule has 1 N–H and O–H groups in total. The number of nitrogens with zero attached hydrogens (tertiary/aromatic N) is 1. The fourth-order valence-electron chi connectivity index (χ4n) is 2.72. The van der Waals surface area contributed by atoms with Gasteiger partial charge in [0.1, 0.15) is 13.2 Å². The third-order valence-electron chi connectivity index (χ3n) is 4.44. The number of likely N-dealkylation sites (N-methyl/N-ethyl adjacent to an activating group) is 1. The Morgan fingerprint density at radius 1 is 1.15 bits per heavy atom.